The van der Waals surface area contributed by atoms with E-state index in [0.717, 1.165) is 19.3 Å². The van der Waals surface area contributed by atoms with Crippen LogP contribution < -0.4 is 4.74 Å². The van der Waals surface area contributed by atoms with Gasteiger partial charge >= 0.3 is 11.9 Å². The first-order valence-corrected chi connectivity index (χ1v) is 8.16. The summed E-state index contributed by atoms with van der Waals surface area (Å²) in [6.07, 6.45) is 3.01. The Morgan fingerprint density at radius 1 is 1.12 bits per heavy atom. The van der Waals surface area contributed by atoms with Crippen molar-refractivity contribution < 1.29 is 23.9 Å². The Morgan fingerprint density at radius 3 is 2.38 bits per heavy atom. The van der Waals surface area contributed by atoms with Gasteiger partial charge < -0.3 is 14.4 Å². The molecular formula is C18H23NO5. The van der Waals surface area contributed by atoms with Gasteiger partial charge in [0, 0.05) is 19.0 Å². The summed E-state index contributed by atoms with van der Waals surface area (Å²) in [7, 11) is 0. The van der Waals surface area contributed by atoms with Gasteiger partial charge in [-0.3, -0.25) is 9.59 Å². The lowest BCUT2D eigenvalue weighted by atomic mass is 9.97. The molecule has 2 unspecified atom stereocenters. The fourth-order valence-electron chi connectivity index (χ4n) is 3.07. The molecule has 0 spiro atoms. The maximum absolute atomic E-state index is 12.4. The van der Waals surface area contributed by atoms with Crippen molar-refractivity contribution in [3.63, 3.8) is 0 Å². The highest BCUT2D eigenvalue weighted by Gasteiger charge is 2.29. The summed E-state index contributed by atoms with van der Waals surface area (Å²) >= 11 is 0. The number of benzene rings is 1. The van der Waals surface area contributed by atoms with E-state index < -0.39 is 11.9 Å². The quantitative estimate of drug-likeness (QED) is 0.625. The molecule has 1 saturated heterocycles. The van der Waals surface area contributed by atoms with Gasteiger partial charge in [0.1, 0.15) is 11.3 Å². The molecule has 1 aromatic rings. The normalized spacial score (nSPS) is 20.4. The predicted octanol–water partition coefficient (Wildman–Crippen LogP) is 2.56. The third-order valence-electron chi connectivity index (χ3n) is 4.17. The van der Waals surface area contributed by atoms with Crippen molar-refractivity contribution in [1.29, 1.82) is 0 Å². The van der Waals surface area contributed by atoms with Crippen LogP contribution >= 0.6 is 0 Å². The van der Waals surface area contributed by atoms with Crippen LogP contribution in [0.4, 0.5) is 0 Å². The zero-order valence-corrected chi connectivity index (χ0v) is 14.3. The average molecular weight is 333 g/mol. The summed E-state index contributed by atoms with van der Waals surface area (Å²) in [6, 6.07) is 6.59. The van der Waals surface area contributed by atoms with Gasteiger partial charge in [-0.15, -0.1) is 0 Å². The number of hydrogen-bond acceptors (Lipinski definition) is 5. The van der Waals surface area contributed by atoms with Gasteiger partial charge in [0.05, 0.1) is 0 Å². The molecule has 2 rings (SSSR count). The molecule has 130 valence electrons. The molecule has 1 heterocycles. The van der Waals surface area contributed by atoms with E-state index in [4.69, 9.17) is 9.47 Å². The van der Waals surface area contributed by atoms with E-state index in [0.29, 0.717) is 0 Å². The third kappa shape index (κ3) is 4.34. The van der Waals surface area contributed by atoms with Gasteiger partial charge in [-0.1, -0.05) is 12.1 Å². The predicted molar refractivity (Wildman–Crippen MR) is 87.7 cm³/mol. The van der Waals surface area contributed by atoms with E-state index in [2.05, 4.69) is 0 Å². The number of ether oxygens (including phenoxy) is 2. The molecule has 1 aromatic carbocycles. The highest BCUT2D eigenvalue weighted by Crippen LogP contribution is 2.23. The van der Waals surface area contributed by atoms with Crippen molar-refractivity contribution in [2.24, 2.45) is 0 Å². The van der Waals surface area contributed by atoms with Crippen LogP contribution in [0.15, 0.2) is 24.3 Å². The van der Waals surface area contributed by atoms with Crippen molar-refractivity contribution in [3.05, 3.63) is 29.8 Å². The number of esters is 2. The van der Waals surface area contributed by atoms with Crippen LogP contribution in [-0.2, 0) is 14.3 Å². The number of nitrogens with zero attached hydrogens (tertiary/aromatic N) is 1. The molecule has 0 aromatic heterocycles. The van der Waals surface area contributed by atoms with Crippen molar-refractivity contribution in [2.75, 3.05) is 6.61 Å². The number of piperidine rings is 1. The van der Waals surface area contributed by atoms with Crippen LogP contribution in [0.1, 0.15) is 50.4 Å². The lowest BCUT2D eigenvalue weighted by molar-refractivity contribution is -0.140. The molecule has 2 atom stereocenters. The first-order chi connectivity index (χ1) is 11.4. The van der Waals surface area contributed by atoms with E-state index in [1.807, 2.05) is 13.8 Å². The maximum atomic E-state index is 12.4. The molecule has 0 bridgehead atoms. The average Bonchev–Trinajstić information content (AvgIpc) is 2.52. The van der Waals surface area contributed by atoms with Crippen molar-refractivity contribution in [1.82, 2.24) is 4.90 Å². The maximum Gasteiger partial charge on any atom is 0.342 e. The van der Waals surface area contributed by atoms with E-state index in [-0.39, 0.29) is 35.9 Å². The van der Waals surface area contributed by atoms with E-state index in [9.17, 15) is 14.4 Å². The second-order valence-corrected chi connectivity index (χ2v) is 6.10. The molecule has 0 N–H and O–H groups in total. The van der Waals surface area contributed by atoms with Gasteiger partial charge in [0.15, 0.2) is 6.61 Å². The highest BCUT2D eigenvalue weighted by atomic mass is 16.5. The van der Waals surface area contributed by atoms with Gasteiger partial charge in [-0.05, 0) is 45.2 Å². The number of carbonyl (C=O) groups is 3. The molecule has 0 aliphatic carbocycles. The van der Waals surface area contributed by atoms with Gasteiger partial charge in [0.2, 0.25) is 0 Å². The molecule has 1 aliphatic rings. The molecule has 1 amide bonds. The second kappa shape index (κ2) is 7.95. The lowest BCUT2D eigenvalue weighted by Crippen LogP contribution is -2.49. The number of hydrogen-bond donors (Lipinski definition) is 0. The highest BCUT2D eigenvalue weighted by molar-refractivity contribution is 5.94. The molecule has 6 heteroatoms. The van der Waals surface area contributed by atoms with E-state index in [1.54, 1.807) is 17.0 Å². The largest absolute Gasteiger partial charge is 0.452 e. The number of rotatable bonds is 4. The first-order valence-electron chi connectivity index (χ1n) is 8.16. The van der Waals surface area contributed by atoms with Crippen molar-refractivity contribution >= 4 is 17.8 Å². The van der Waals surface area contributed by atoms with Crippen LogP contribution in [0.25, 0.3) is 0 Å². The van der Waals surface area contributed by atoms with E-state index >= 15 is 0 Å². The van der Waals surface area contributed by atoms with Crippen LogP contribution in [0, 0.1) is 0 Å². The van der Waals surface area contributed by atoms with Crippen molar-refractivity contribution in [3.8, 4) is 5.75 Å². The summed E-state index contributed by atoms with van der Waals surface area (Å²) in [5, 5.41) is 0. The molecule has 0 radical (unpaired) electrons. The van der Waals surface area contributed by atoms with Crippen LogP contribution in [0.2, 0.25) is 0 Å². The Labute approximate surface area is 141 Å². The summed E-state index contributed by atoms with van der Waals surface area (Å²) in [5.41, 5.74) is 0.125. The zero-order chi connectivity index (χ0) is 17.7. The van der Waals surface area contributed by atoms with Gasteiger partial charge in [0.25, 0.3) is 5.91 Å². The molecule has 1 fully saturated rings. The summed E-state index contributed by atoms with van der Waals surface area (Å²) in [4.78, 5) is 37.5. The Bertz CT molecular complexity index is 618. The Morgan fingerprint density at radius 2 is 1.75 bits per heavy atom. The smallest absolute Gasteiger partial charge is 0.342 e. The number of amides is 1. The zero-order valence-electron chi connectivity index (χ0n) is 14.3. The SMILES string of the molecule is CC(=O)Oc1ccccc1C(=O)OCC(=O)N1C(C)CCCC1C. The fourth-order valence-corrected chi connectivity index (χ4v) is 3.07. The molecule has 1 aliphatic heterocycles. The van der Waals surface area contributed by atoms with Crippen LogP contribution in [-0.4, -0.2) is 41.4 Å². The molecule has 24 heavy (non-hydrogen) atoms. The van der Waals surface area contributed by atoms with Crippen LogP contribution in [0.5, 0.6) is 5.75 Å². The summed E-state index contributed by atoms with van der Waals surface area (Å²) < 4.78 is 10.1. The summed E-state index contributed by atoms with van der Waals surface area (Å²) in [6.45, 7) is 4.95. The number of likely N-dealkylation sites (tertiary alicyclic amines) is 1. The molecule has 6 nitrogen and oxygen atoms in total. The van der Waals surface area contributed by atoms with Gasteiger partial charge in [-0.25, -0.2) is 4.79 Å². The standard InChI is InChI=1S/C18H23NO5/c1-12-7-6-8-13(2)19(12)17(21)11-23-18(22)15-9-4-5-10-16(15)24-14(3)20/h4-5,9-10,12-13H,6-8,11H2,1-3H3. The topological polar surface area (TPSA) is 72.9 Å². The Balaban J connectivity index is 2.00. The van der Waals surface area contributed by atoms with Crippen molar-refractivity contribution in [2.45, 2.75) is 52.1 Å². The Hall–Kier alpha value is -2.37. The minimum absolute atomic E-state index is 0.125. The second-order valence-electron chi connectivity index (χ2n) is 6.10. The monoisotopic (exact) mass is 333 g/mol. The molecule has 0 saturated carbocycles. The minimum atomic E-state index is -0.683. The molecular weight excluding hydrogens is 310 g/mol. The first kappa shape index (κ1) is 18.0. The number of para-hydroxylation sites is 1. The van der Waals surface area contributed by atoms with E-state index in [1.165, 1.54) is 19.1 Å². The third-order valence-corrected chi connectivity index (χ3v) is 4.17. The lowest BCUT2D eigenvalue weighted by Gasteiger charge is -2.38. The van der Waals surface area contributed by atoms with Gasteiger partial charge in [-0.2, -0.15) is 0 Å². The minimum Gasteiger partial charge on any atom is -0.452 e. The van der Waals surface area contributed by atoms with Crippen LogP contribution in [0.3, 0.4) is 0 Å². The number of carbonyl (C=O) groups excluding carboxylic acids is 3. The Kier molecular flexibility index (Phi) is 5.95. The fraction of sp³-hybridized carbons (Fsp3) is 0.500. The summed E-state index contributed by atoms with van der Waals surface area (Å²) in [5.74, 6) is -1.28.